The molecule has 1 aliphatic carbocycles. The maximum absolute atomic E-state index is 10.7. The molecular weight excluding hydrogens is 276 g/mol. The molecular formula is C13H16N4O4-2. The second-order valence-corrected chi connectivity index (χ2v) is 4.54. The van der Waals surface area contributed by atoms with Crippen LogP contribution in [0.1, 0.15) is 26.2 Å². The van der Waals surface area contributed by atoms with Crippen LogP contribution in [0, 0.1) is 10.4 Å². The van der Waals surface area contributed by atoms with Crippen LogP contribution in [0.25, 0.3) is 0 Å². The van der Waals surface area contributed by atoms with E-state index in [1.165, 1.54) is 12.1 Å². The third-order valence-electron chi connectivity index (χ3n) is 3.24. The highest BCUT2D eigenvalue weighted by Gasteiger charge is 2.13. The minimum Gasteiger partial charge on any atom is -0.769 e. The summed E-state index contributed by atoms with van der Waals surface area (Å²) in [6.07, 6.45) is 4.74. The maximum atomic E-state index is 10.7. The lowest BCUT2D eigenvalue weighted by atomic mass is 10.1. The summed E-state index contributed by atoms with van der Waals surface area (Å²) < 4.78 is 0. The fourth-order valence-electron chi connectivity index (χ4n) is 2.16. The average molecular weight is 292 g/mol. The molecule has 0 spiro atoms. The number of hydrogen-bond donors (Lipinski definition) is 3. The fourth-order valence-corrected chi connectivity index (χ4v) is 2.16. The van der Waals surface area contributed by atoms with Crippen molar-refractivity contribution in [1.29, 1.82) is 0 Å². The molecule has 0 aromatic heterocycles. The van der Waals surface area contributed by atoms with E-state index in [0.29, 0.717) is 0 Å². The standard InChI is InChI=1S/C13H16N4O4/c1-2-9-4-3-5-11(9)14-15-12-7-6-10(16(18)19)8-13(12)17(20)21/h4,6-8,15,20-21H,2-3,5H2,1H3/q-2. The first kappa shape index (κ1) is 15.3. The highest BCUT2D eigenvalue weighted by atomic mass is 16.8. The lowest BCUT2D eigenvalue weighted by Crippen LogP contribution is -2.14. The molecule has 1 aliphatic rings. The molecule has 0 aliphatic heterocycles. The number of hydrazone groups is 1. The summed E-state index contributed by atoms with van der Waals surface area (Å²) in [4.78, 5) is 0. The van der Waals surface area contributed by atoms with Gasteiger partial charge in [-0.15, -0.1) is 5.23 Å². The first-order valence-electron chi connectivity index (χ1n) is 6.51. The molecule has 0 radical (unpaired) electrons. The molecule has 0 atom stereocenters. The van der Waals surface area contributed by atoms with E-state index in [1.54, 1.807) is 0 Å². The fraction of sp³-hybridized carbons (Fsp3) is 0.308. The third-order valence-corrected chi connectivity index (χ3v) is 3.24. The van der Waals surface area contributed by atoms with Crippen molar-refractivity contribution in [3.8, 4) is 0 Å². The summed E-state index contributed by atoms with van der Waals surface area (Å²) in [6.45, 7) is 2.03. The Morgan fingerprint density at radius 2 is 2.10 bits per heavy atom. The van der Waals surface area contributed by atoms with Crippen LogP contribution in [0.5, 0.6) is 0 Å². The van der Waals surface area contributed by atoms with Gasteiger partial charge in [-0.05, 0) is 43.0 Å². The first-order valence-corrected chi connectivity index (χ1v) is 6.51. The number of allylic oxidation sites excluding steroid dienone is 2. The van der Waals surface area contributed by atoms with Gasteiger partial charge in [-0.25, -0.2) is 0 Å². The van der Waals surface area contributed by atoms with E-state index in [9.17, 15) is 10.4 Å². The van der Waals surface area contributed by atoms with Crippen molar-refractivity contribution >= 4 is 22.8 Å². The number of hydrogen-bond acceptors (Lipinski definition) is 8. The minimum absolute atomic E-state index is 0.145. The average Bonchev–Trinajstić information content (AvgIpc) is 2.92. The van der Waals surface area contributed by atoms with E-state index < -0.39 is 5.23 Å². The van der Waals surface area contributed by atoms with Crippen LogP contribution in [0.15, 0.2) is 34.9 Å². The zero-order valence-corrected chi connectivity index (χ0v) is 11.5. The van der Waals surface area contributed by atoms with E-state index in [2.05, 4.69) is 16.6 Å². The van der Waals surface area contributed by atoms with Gasteiger partial charge in [0, 0.05) is 5.69 Å². The Hall–Kier alpha value is -2.13. The van der Waals surface area contributed by atoms with Gasteiger partial charge >= 0.3 is 0 Å². The second-order valence-electron chi connectivity index (χ2n) is 4.54. The molecule has 114 valence electrons. The lowest BCUT2D eigenvalue weighted by molar-refractivity contribution is 0.0295. The Balaban J connectivity index is 2.24. The zero-order chi connectivity index (χ0) is 15.4. The Morgan fingerprint density at radius 1 is 1.33 bits per heavy atom. The SMILES string of the molecule is CCC1=CCCC1=NNc1ccc(N([O-])[O-])cc1N(O)O. The van der Waals surface area contributed by atoms with Crippen LogP contribution in [0.3, 0.4) is 0 Å². The predicted octanol–water partition coefficient (Wildman–Crippen LogP) is 2.97. The molecule has 1 aromatic carbocycles. The van der Waals surface area contributed by atoms with Crippen LogP contribution < -0.4 is 15.9 Å². The van der Waals surface area contributed by atoms with Gasteiger partial charge in [0.25, 0.3) is 0 Å². The monoisotopic (exact) mass is 292 g/mol. The molecule has 21 heavy (non-hydrogen) atoms. The van der Waals surface area contributed by atoms with E-state index in [4.69, 9.17) is 10.4 Å². The van der Waals surface area contributed by atoms with Crippen LogP contribution in [-0.2, 0) is 0 Å². The molecule has 0 unspecified atom stereocenters. The van der Waals surface area contributed by atoms with Crippen molar-refractivity contribution < 1.29 is 10.4 Å². The maximum Gasteiger partial charge on any atom is 0.121 e. The highest BCUT2D eigenvalue weighted by molar-refractivity contribution is 6.02. The van der Waals surface area contributed by atoms with E-state index in [-0.39, 0.29) is 22.3 Å². The van der Waals surface area contributed by atoms with Gasteiger partial charge in [0.05, 0.1) is 11.4 Å². The zero-order valence-electron chi connectivity index (χ0n) is 11.5. The number of benzene rings is 1. The number of nitrogens with one attached hydrogen (secondary N) is 1. The normalized spacial score (nSPS) is 16.0. The van der Waals surface area contributed by atoms with Crippen LogP contribution in [0.2, 0.25) is 0 Å². The predicted molar refractivity (Wildman–Crippen MR) is 80.4 cm³/mol. The molecule has 0 fully saturated rings. The number of rotatable bonds is 5. The van der Waals surface area contributed by atoms with Gasteiger partial charge in [0.15, 0.2) is 0 Å². The molecule has 8 nitrogen and oxygen atoms in total. The topological polar surface area (TPSA) is 117 Å². The first-order chi connectivity index (χ1) is 10.0. The molecule has 0 heterocycles. The summed E-state index contributed by atoms with van der Waals surface area (Å²) in [5, 5.41) is 43.2. The van der Waals surface area contributed by atoms with Crippen molar-refractivity contribution in [2.24, 2.45) is 5.10 Å². The molecule has 0 saturated heterocycles. The summed E-state index contributed by atoms with van der Waals surface area (Å²) in [5.74, 6) is 0. The van der Waals surface area contributed by atoms with Crippen molar-refractivity contribution in [3.63, 3.8) is 0 Å². The quantitative estimate of drug-likeness (QED) is 0.714. The Morgan fingerprint density at radius 3 is 2.71 bits per heavy atom. The van der Waals surface area contributed by atoms with Gasteiger partial charge in [0.2, 0.25) is 0 Å². The largest absolute Gasteiger partial charge is 0.769 e. The molecule has 0 saturated carbocycles. The highest BCUT2D eigenvalue weighted by Crippen LogP contribution is 2.30. The van der Waals surface area contributed by atoms with Crippen molar-refractivity contribution in [1.82, 2.24) is 0 Å². The molecule has 2 rings (SSSR count). The van der Waals surface area contributed by atoms with E-state index in [0.717, 1.165) is 36.6 Å². The van der Waals surface area contributed by atoms with Gasteiger partial charge < -0.3 is 15.6 Å². The van der Waals surface area contributed by atoms with Gasteiger partial charge in [0.1, 0.15) is 5.69 Å². The number of anilines is 3. The van der Waals surface area contributed by atoms with Crippen LogP contribution >= 0.6 is 0 Å². The van der Waals surface area contributed by atoms with E-state index in [1.807, 2.05) is 6.92 Å². The van der Waals surface area contributed by atoms with Gasteiger partial charge in [-0.3, -0.25) is 15.8 Å². The summed E-state index contributed by atoms with van der Waals surface area (Å²) >= 11 is 0. The Bertz CT molecular complexity index is 569. The molecule has 0 amide bonds. The van der Waals surface area contributed by atoms with Crippen molar-refractivity contribution in [2.45, 2.75) is 26.2 Å². The molecule has 8 heteroatoms. The Kier molecular flexibility index (Phi) is 4.76. The van der Waals surface area contributed by atoms with Crippen LogP contribution in [0.4, 0.5) is 17.1 Å². The lowest BCUT2D eigenvalue weighted by Gasteiger charge is -2.37. The third kappa shape index (κ3) is 3.50. The number of nitrogens with zero attached hydrogens (tertiary/aromatic N) is 3. The Labute approximate surface area is 121 Å². The minimum atomic E-state index is -0.614. The summed E-state index contributed by atoms with van der Waals surface area (Å²) in [7, 11) is 0. The van der Waals surface area contributed by atoms with Crippen LogP contribution in [-0.4, -0.2) is 16.1 Å². The molecule has 1 aromatic rings. The van der Waals surface area contributed by atoms with Crippen molar-refractivity contribution in [3.05, 3.63) is 40.3 Å². The van der Waals surface area contributed by atoms with E-state index >= 15 is 0 Å². The molecule has 0 bridgehead atoms. The molecule has 3 N–H and O–H groups in total. The van der Waals surface area contributed by atoms with Gasteiger partial charge in [-0.1, -0.05) is 13.0 Å². The summed E-state index contributed by atoms with van der Waals surface area (Å²) in [5.41, 5.74) is 4.66. The second kappa shape index (κ2) is 6.55. The van der Waals surface area contributed by atoms with Gasteiger partial charge in [-0.2, -0.15) is 5.10 Å². The summed E-state index contributed by atoms with van der Waals surface area (Å²) in [6, 6.07) is 3.69. The van der Waals surface area contributed by atoms with Crippen molar-refractivity contribution in [2.75, 3.05) is 15.9 Å². The smallest absolute Gasteiger partial charge is 0.121 e.